The fraction of sp³-hybridized carbons (Fsp3) is 0.133. The molecule has 3 rings (SSSR count). The molecule has 0 bridgehead atoms. The summed E-state index contributed by atoms with van der Waals surface area (Å²) in [5.74, 6) is 0.756. The van der Waals surface area contributed by atoms with Crippen LogP contribution >= 0.6 is 31.9 Å². The van der Waals surface area contributed by atoms with Crippen molar-refractivity contribution in [3.63, 3.8) is 0 Å². The number of para-hydroxylation sites is 1. The van der Waals surface area contributed by atoms with Crippen LogP contribution in [-0.2, 0) is 0 Å². The SMILES string of the molecule is BrC(c1ccccc1)C(Br)c1nnnn1-c1ccccc1. The molecule has 0 N–H and O–H groups in total. The van der Waals surface area contributed by atoms with E-state index in [-0.39, 0.29) is 9.65 Å². The van der Waals surface area contributed by atoms with Crippen molar-refractivity contribution in [3.8, 4) is 5.69 Å². The lowest BCUT2D eigenvalue weighted by Crippen LogP contribution is -2.08. The Labute approximate surface area is 139 Å². The number of alkyl halides is 2. The molecule has 0 spiro atoms. The number of halogens is 2. The Hall–Kier alpha value is -1.53. The summed E-state index contributed by atoms with van der Waals surface area (Å²) in [6, 6.07) is 20.0. The first-order valence-electron chi connectivity index (χ1n) is 6.44. The van der Waals surface area contributed by atoms with Crippen molar-refractivity contribution in [2.45, 2.75) is 9.65 Å². The molecule has 2 atom stereocenters. The molecule has 1 heterocycles. The highest BCUT2D eigenvalue weighted by Crippen LogP contribution is 2.41. The molecule has 0 fully saturated rings. The second-order valence-corrected chi connectivity index (χ2v) is 6.47. The van der Waals surface area contributed by atoms with E-state index in [1.54, 1.807) is 4.68 Å². The lowest BCUT2D eigenvalue weighted by atomic mass is 10.1. The van der Waals surface area contributed by atoms with Gasteiger partial charge in [-0.2, -0.15) is 4.68 Å². The number of nitrogens with zero attached hydrogens (tertiary/aromatic N) is 4. The Morgan fingerprint density at radius 3 is 2.10 bits per heavy atom. The molecule has 0 aliphatic heterocycles. The van der Waals surface area contributed by atoms with E-state index in [2.05, 4.69) is 59.5 Å². The summed E-state index contributed by atoms with van der Waals surface area (Å²) in [7, 11) is 0. The predicted molar refractivity (Wildman–Crippen MR) is 88.9 cm³/mol. The van der Waals surface area contributed by atoms with Crippen LogP contribution in [0.5, 0.6) is 0 Å². The highest BCUT2D eigenvalue weighted by atomic mass is 79.9. The molecule has 2 unspecified atom stereocenters. The molecule has 0 saturated carbocycles. The summed E-state index contributed by atoms with van der Waals surface area (Å²) in [6.45, 7) is 0. The molecule has 21 heavy (non-hydrogen) atoms. The van der Waals surface area contributed by atoms with Gasteiger partial charge in [0.15, 0.2) is 5.82 Å². The highest BCUT2D eigenvalue weighted by Gasteiger charge is 2.25. The number of hydrogen-bond acceptors (Lipinski definition) is 3. The molecule has 2 aromatic carbocycles. The summed E-state index contributed by atoms with van der Waals surface area (Å²) < 4.78 is 1.75. The van der Waals surface area contributed by atoms with Gasteiger partial charge in [0, 0.05) is 0 Å². The highest BCUT2D eigenvalue weighted by molar-refractivity contribution is 9.12. The van der Waals surface area contributed by atoms with Crippen LogP contribution in [0.3, 0.4) is 0 Å². The molecule has 0 amide bonds. The van der Waals surface area contributed by atoms with Gasteiger partial charge in [-0.25, -0.2) is 0 Å². The smallest absolute Gasteiger partial charge is 0.171 e. The van der Waals surface area contributed by atoms with Crippen LogP contribution in [0.1, 0.15) is 21.0 Å². The van der Waals surface area contributed by atoms with Gasteiger partial charge in [0.2, 0.25) is 0 Å². The Morgan fingerprint density at radius 2 is 1.43 bits per heavy atom. The maximum absolute atomic E-state index is 4.16. The number of hydrogen-bond donors (Lipinski definition) is 0. The van der Waals surface area contributed by atoms with Gasteiger partial charge in [0.05, 0.1) is 15.3 Å². The van der Waals surface area contributed by atoms with Crippen molar-refractivity contribution in [2.24, 2.45) is 0 Å². The van der Waals surface area contributed by atoms with E-state index >= 15 is 0 Å². The van der Waals surface area contributed by atoms with Gasteiger partial charge in [0.25, 0.3) is 0 Å². The van der Waals surface area contributed by atoms with Crippen molar-refractivity contribution in [1.29, 1.82) is 0 Å². The van der Waals surface area contributed by atoms with Crippen molar-refractivity contribution in [2.75, 3.05) is 0 Å². The first kappa shape index (κ1) is 14.4. The zero-order valence-corrected chi connectivity index (χ0v) is 14.1. The monoisotopic (exact) mass is 406 g/mol. The topological polar surface area (TPSA) is 43.6 Å². The molecular formula is C15H12Br2N4. The van der Waals surface area contributed by atoms with E-state index in [0.717, 1.165) is 11.5 Å². The van der Waals surface area contributed by atoms with Gasteiger partial charge in [0.1, 0.15) is 0 Å². The maximum atomic E-state index is 4.16. The van der Waals surface area contributed by atoms with Gasteiger partial charge < -0.3 is 0 Å². The van der Waals surface area contributed by atoms with E-state index in [4.69, 9.17) is 0 Å². The summed E-state index contributed by atoms with van der Waals surface area (Å²) in [5, 5.41) is 12.1. The standard InChI is InChI=1S/C15H12Br2N4/c16-13(11-7-3-1-4-8-11)14(17)15-18-19-20-21(15)12-9-5-2-6-10-12/h1-10,13-14H. The molecule has 3 aromatic rings. The second kappa shape index (κ2) is 6.49. The summed E-state index contributed by atoms with van der Waals surface area (Å²) in [6.07, 6.45) is 0. The summed E-state index contributed by atoms with van der Waals surface area (Å²) in [4.78, 5) is 0.0299. The van der Waals surface area contributed by atoms with E-state index < -0.39 is 0 Å². The third-order valence-electron chi connectivity index (χ3n) is 3.12. The second-order valence-electron chi connectivity index (χ2n) is 4.50. The van der Waals surface area contributed by atoms with Crippen molar-refractivity contribution in [1.82, 2.24) is 20.2 Å². The Morgan fingerprint density at radius 1 is 0.810 bits per heavy atom. The zero-order chi connectivity index (χ0) is 14.7. The molecule has 6 heteroatoms. The lowest BCUT2D eigenvalue weighted by Gasteiger charge is -2.16. The average Bonchev–Trinajstić information content (AvgIpc) is 3.04. The number of benzene rings is 2. The number of tetrazole rings is 1. The molecule has 106 valence electrons. The normalized spacial score (nSPS) is 13.8. The van der Waals surface area contributed by atoms with Gasteiger partial charge in [-0.3, -0.25) is 0 Å². The van der Waals surface area contributed by atoms with Crippen molar-refractivity contribution >= 4 is 31.9 Å². The quantitative estimate of drug-likeness (QED) is 0.607. The molecule has 0 radical (unpaired) electrons. The summed E-state index contributed by atoms with van der Waals surface area (Å²) >= 11 is 7.43. The Kier molecular flexibility index (Phi) is 4.45. The van der Waals surface area contributed by atoms with Crippen LogP contribution in [0.2, 0.25) is 0 Å². The third-order valence-corrected chi connectivity index (χ3v) is 5.82. The number of aromatic nitrogens is 4. The maximum Gasteiger partial charge on any atom is 0.171 e. The van der Waals surface area contributed by atoms with Gasteiger partial charge in [-0.15, -0.1) is 5.10 Å². The van der Waals surface area contributed by atoms with Crippen LogP contribution in [0.4, 0.5) is 0 Å². The first-order chi connectivity index (χ1) is 10.3. The Balaban J connectivity index is 1.93. The largest absolute Gasteiger partial charge is 0.196 e. The molecule has 0 aliphatic carbocycles. The van der Waals surface area contributed by atoms with Crippen LogP contribution in [0.15, 0.2) is 60.7 Å². The lowest BCUT2D eigenvalue weighted by molar-refractivity contribution is 0.747. The van der Waals surface area contributed by atoms with Crippen LogP contribution in [0.25, 0.3) is 5.69 Å². The van der Waals surface area contributed by atoms with E-state index in [0.29, 0.717) is 0 Å². The van der Waals surface area contributed by atoms with Crippen LogP contribution in [-0.4, -0.2) is 20.2 Å². The van der Waals surface area contributed by atoms with Crippen LogP contribution < -0.4 is 0 Å². The number of rotatable bonds is 4. The summed E-state index contributed by atoms with van der Waals surface area (Å²) in [5.41, 5.74) is 2.11. The van der Waals surface area contributed by atoms with Crippen LogP contribution in [0, 0.1) is 0 Å². The minimum Gasteiger partial charge on any atom is -0.196 e. The molecule has 4 nitrogen and oxygen atoms in total. The minimum absolute atomic E-state index is 0.0462. The van der Waals surface area contributed by atoms with Crippen molar-refractivity contribution < 1.29 is 0 Å². The Bertz CT molecular complexity index is 700. The fourth-order valence-corrected chi connectivity index (χ4v) is 3.19. The molecule has 1 aromatic heterocycles. The van der Waals surface area contributed by atoms with E-state index in [9.17, 15) is 0 Å². The zero-order valence-electron chi connectivity index (χ0n) is 11.0. The van der Waals surface area contributed by atoms with E-state index in [1.807, 2.05) is 48.5 Å². The van der Waals surface area contributed by atoms with Gasteiger partial charge in [-0.1, -0.05) is 80.4 Å². The van der Waals surface area contributed by atoms with E-state index in [1.165, 1.54) is 5.56 Å². The third kappa shape index (κ3) is 3.06. The molecular weight excluding hydrogens is 396 g/mol. The molecule has 0 aliphatic rings. The van der Waals surface area contributed by atoms with Gasteiger partial charge >= 0.3 is 0 Å². The molecule has 0 saturated heterocycles. The van der Waals surface area contributed by atoms with Gasteiger partial charge in [-0.05, 0) is 28.1 Å². The fourth-order valence-electron chi connectivity index (χ4n) is 2.06. The average molecular weight is 408 g/mol. The first-order valence-corrected chi connectivity index (χ1v) is 8.27. The van der Waals surface area contributed by atoms with Crippen molar-refractivity contribution in [3.05, 3.63) is 72.1 Å². The minimum atomic E-state index is -0.0462. The predicted octanol–water partition coefficient (Wildman–Crippen LogP) is 4.23.